The first kappa shape index (κ1) is 14.2. The normalized spacial score (nSPS) is 21.5. The highest BCUT2D eigenvalue weighted by atomic mass is 19.2. The molecule has 0 aromatic heterocycles. The minimum absolute atomic E-state index is 0.104. The van der Waals surface area contributed by atoms with Gasteiger partial charge in [-0.3, -0.25) is 9.59 Å². The fraction of sp³-hybridized carbons (Fsp3) is 0.286. The number of benzene rings is 1. The van der Waals surface area contributed by atoms with Crippen molar-refractivity contribution in [3.05, 3.63) is 42.0 Å². The summed E-state index contributed by atoms with van der Waals surface area (Å²) >= 11 is 0. The Morgan fingerprint density at radius 2 is 1.75 bits per heavy atom. The first-order valence-corrected chi connectivity index (χ1v) is 6.12. The van der Waals surface area contributed by atoms with E-state index in [-0.39, 0.29) is 12.1 Å². The van der Waals surface area contributed by atoms with E-state index < -0.39 is 35.3 Å². The summed E-state index contributed by atoms with van der Waals surface area (Å²) in [7, 11) is 0. The lowest BCUT2D eigenvalue weighted by Gasteiger charge is -2.24. The van der Waals surface area contributed by atoms with E-state index in [1.54, 1.807) is 12.2 Å². The van der Waals surface area contributed by atoms with E-state index in [1.807, 2.05) is 0 Å². The van der Waals surface area contributed by atoms with E-state index in [1.165, 1.54) is 6.07 Å². The van der Waals surface area contributed by atoms with E-state index in [0.29, 0.717) is 6.42 Å². The van der Waals surface area contributed by atoms with Crippen LogP contribution in [0.1, 0.15) is 12.8 Å². The molecule has 0 radical (unpaired) electrons. The quantitative estimate of drug-likeness (QED) is 0.837. The Kier molecular flexibility index (Phi) is 4.12. The van der Waals surface area contributed by atoms with Gasteiger partial charge >= 0.3 is 5.97 Å². The summed E-state index contributed by atoms with van der Waals surface area (Å²) in [6.45, 7) is 0. The van der Waals surface area contributed by atoms with E-state index in [2.05, 4.69) is 5.32 Å². The van der Waals surface area contributed by atoms with Crippen LogP contribution in [-0.4, -0.2) is 17.0 Å². The van der Waals surface area contributed by atoms with Crippen LogP contribution in [0.15, 0.2) is 30.4 Å². The highest BCUT2D eigenvalue weighted by molar-refractivity contribution is 5.95. The molecular formula is C14H13F2NO3. The van der Waals surface area contributed by atoms with Crippen molar-refractivity contribution in [1.82, 2.24) is 0 Å². The van der Waals surface area contributed by atoms with Gasteiger partial charge in [-0.25, -0.2) is 8.78 Å². The SMILES string of the molecule is O=C(O)[C@H]1CC=CC[C@@H]1C(=O)Nc1ccc(F)c(F)c1. The Morgan fingerprint density at radius 3 is 2.35 bits per heavy atom. The highest BCUT2D eigenvalue weighted by Gasteiger charge is 2.33. The standard InChI is InChI=1S/C14H13F2NO3/c15-11-6-5-8(7-12(11)16)17-13(18)9-3-1-2-4-10(9)14(19)20/h1-2,5-7,9-10H,3-4H2,(H,17,18)(H,19,20)/t9-,10-/m0/s1. The molecule has 2 N–H and O–H groups in total. The molecule has 0 saturated carbocycles. The van der Waals surface area contributed by atoms with Gasteiger partial charge in [0.15, 0.2) is 11.6 Å². The number of hydrogen-bond acceptors (Lipinski definition) is 2. The molecule has 0 heterocycles. The number of nitrogens with one attached hydrogen (secondary N) is 1. The number of halogens is 2. The lowest BCUT2D eigenvalue weighted by molar-refractivity contribution is -0.146. The molecule has 0 spiro atoms. The molecular weight excluding hydrogens is 268 g/mol. The second-order valence-electron chi connectivity index (χ2n) is 4.61. The van der Waals surface area contributed by atoms with Crippen molar-refractivity contribution < 1.29 is 23.5 Å². The third-order valence-corrected chi connectivity index (χ3v) is 3.27. The fourth-order valence-corrected chi connectivity index (χ4v) is 2.19. The molecule has 0 fully saturated rings. The van der Waals surface area contributed by atoms with Crippen molar-refractivity contribution in [1.29, 1.82) is 0 Å². The first-order valence-electron chi connectivity index (χ1n) is 6.12. The zero-order chi connectivity index (χ0) is 14.7. The monoisotopic (exact) mass is 281 g/mol. The summed E-state index contributed by atoms with van der Waals surface area (Å²) in [5.41, 5.74) is 0.104. The molecule has 0 saturated heterocycles. The van der Waals surface area contributed by atoms with Crippen molar-refractivity contribution in [3.63, 3.8) is 0 Å². The maximum atomic E-state index is 13.0. The number of allylic oxidation sites excluding steroid dienone is 2. The summed E-state index contributed by atoms with van der Waals surface area (Å²) < 4.78 is 25.8. The summed E-state index contributed by atoms with van der Waals surface area (Å²) in [5.74, 6) is -5.14. The summed E-state index contributed by atoms with van der Waals surface area (Å²) in [6, 6.07) is 2.99. The number of carbonyl (C=O) groups is 2. The van der Waals surface area contributed by atoms with Gasteiger partial charge in [-0.2, -0.15) is 0 Å². The van der Waals surface area contributed by atoms with Crippen molar-refractivity contribution in [2.75, 3.05) is 5.32 Å². The first-order chi connectivity index (χ1) is 9.49. The highest BCUT2D eigenvalue weighted by Crippen LogP contribution is 2.27. The Hall–Kier alpha value is -2.24. The summed E-state index contributed by atoms with van der Waals surface area (Å²) in [6.07, 6.45) is 4.06. The number of aliphatic carboxylic acids is 1. The van der Waals surface area contributed by atoms with Crippen molar-refractivity contribution >= 4 is 17.6 Å². The number of carbonyl (C=O) groups excluding carboxylic acids is 1. The average Bonchev–Trinajstić information content (AvgIpc) is 2.43. The molecule has 106 valence electrons. The predicted molar refractivity (Wildman–Crippen MR) is 68.0 cm³/mol. The number of amides is 1. The van der Waals surface area contributed by atoms with Crippen molar-refractivity contribution in [2.45, 2.75) is 12.8 Å². The van der Waals surface area contributed by atoms with E-state index in [4.69, 9.17) is 5.11 Å². The van der Waals surface area contributed by atoms with Crippen LogP contribution in [0.25, 0.3) is 0 Å². The third-order valence-electron chi connectivity index (χ3n) is 3.27. The molecule has 1 aromatic rings. The molecule has 2 rings (SSSR count). The van der Waals surface area contributed by atoms with Crippen LogP contribution in [0.4, 0.5) is 14.5 Å². The van der Waals surface area contributed by atoms with Gasteiger partial charge in [0, 0.05) is 11.8 Å². The number of rotatable bonds is 3. The second kappa shape index (κ2) is 5.81. The Labute approximate surface area is 114 Å². The van der Waals surface area contributed by atoms with Crippen LogP contribution in [0, 0.1) is 23.5 Å². The lowest BCUT2D eigenvalue weighted by atomic mass is 9.82. The van der Waals surface area contributed by atoms with E-state index in [0.717, 1.165) is 12.1 Å². The molecule has 1 aliphatic carbocycles. The van der Waals surface area contributed by atoms with Crippen molar-refractivity contribution in [2.24, 2.45) is 11.8 Å². The molecule has 1 amide bonds. The maximum absolute atomic E-state index is 13.0. The minimum Gasteiger partial charge on any atom is -0.481 e. The lowest BCUT2D eigenvalue weighted by Crippen LogP contribution is -2.34. The topological polar surface area (TPSA) is 66.4 Å². The number of hydrogen-bond donors (Lipinski definition) is 2. The maximum Gasteiger partial charge on any atom is 0.307 e. The van der Waals surface area contributed by atoms with Crippen LogP contribution in [0.5, 0.6) is 0 Å². The molecule has 20 heavy (non-hydrogen) atoms. The average molecular weight is 281 g/mol. The molecule has 0 aliphatic heterocycles. The molecule has 4 nitrogen and oxygen atoms in total. The van der Waals surface area contributed by atoms with Crippen LogP contribution in [0.3, 0.4) is 0 Å². The van der Waals surface area contributed by atoms with Gasteiger partial charge in [-0.1, -0.05) is 12.2 Å². The van der Waals surface area contributed by atoms with Crippen LogP contribution in [-0.2, 0) is 9.59 Å². The fourth-order valence-electron chi connectivity index (χ4n) is 2.19. The van der Waals surface area contributed by atoms with Crippen LogP contribution in [0.2, 0.25) is 0 Å². The van der Waals surface area contributed by atoms with Crippen LogP contribution >= 0.6 is 0 Å². The summed E-state index contributed by atoms with van der Waals surface area (Å²) in [4.78, 5) is 23.2. The van der Waals surface area contributed by atoms with Gasteiger partial charge in [0.1, 0.15) is 0 Å². The number of anilines is 1. The minimum atomic E-state index is -1.07. The second-order valence-corrected chi connectivity index (χ2v) is 4.61. The third kappa shape index (κ3) is 3.01. The van der Waals surface area contributed by atoms with Crippen LogP contribution < -0.4 is 5.32 Å². The van der Waals surface area contributed by atoms with Gasteiger partial charge in [-0.05, 0) is 25.0 Å². The van der Waals surface area contributed by atoms with Gasteiger partial charge in [0.2, 0.25) is 5.91 Å². The predicted octanol–water partition coefficient (Wildman–Crippen LogP) is 2.57. The van der Waals surface area contributed by atoms with Gasteiger partial charge in [0.25, 0.3) is 0 Å². The molecule has 2 atom stereocenters. The Balaban J connectivity index is 2.12. The van der Waals surface area contributed by atoms with Gasteiger partial charge in [0.05, 0.1) is 11.8 Å². The molecule has 6 heteroatoms. The van der Waals surface area contributed by atoms with E-state index in [9.17, 15) is 18.4 Å². The zero-order valence-corrected chi connectivity index (χ0v) is 10.5. The van der Waals surface area contributed by atoms with E-state index >= 15 is 0 Å². The summed E-state index contributed by atoms with van der Waals surface area (Å²) in [5, 5.41) is 11.5. The van der Waals surface area contributed by atoms with Gasteiger partial charge < -0.3 is 10.4 Å². The zero-order valence-electron chi connectivity index (χ0n) is 10.5. The smallest absolute Gasteiger partial charge is 0.307 e. The molecule has 0 unspecified atom stereocenters. The van der Waals surface area contributed by atoms with Crippen molar-refractivity contribution in [3.8, 4) is 0 Å². The molecule has 0 bridgehead atoms. The Morgan fingerprint density at radius 1 is 1.10 bits per heavy atom. The molecule has 1 aromatic carbocycles. The largest absolute Gasteiger partial charge is 0.481 e. The Bertz CT molecular complexity index is 572. The number of carboxylic acid groups (broad SMARTS) is 1. The number of carboxylic acids is 1. The van der Waals surface area contributed by atoms with Gasteiger partial charge in [-0.15, -0.1) is 0 Å². The molecule has 1 aliphatic rings.